The summed E-state index contributed by atoms with van der Waals surface area (Å²) in [5.41, 5.74) is 5.89. The van der Waals surface area contributed by atoms with Crippen LogP contribution in [0, 0.1) is 19.7 Å². The maximum absolute atomic E-state index is 13.9. The van der Waals surface area contributed by atoms with Crippen molar-refractivity contribution in [1.82, 2.24) is 4.98 Å². The molecule has 0 fully saturated rings. The minimum Gasteiger partial charge on any atom is -0.455 e. The third kappa shape index (κ3) is 4.33. The summed E-state index contributed by atoms with van der Waals surface area (Å²) in [7, 11) is 0. The lowest BCUT2D eigenvalue weighted by atomic mass is 9.98. The van der Waals surface area contributed by atoms with Gasteiger partial charge < -0.3 is 9.73 Å². The van der Waals surface area contributed by atoms with Gasteiger partial charge in [0.1, 0.15) is 17.2 Å². The molecule has 0 radical (unpaired) electrons. The number of hydrogen-bond acceptors (Lipinski definition) is 4. The van der Waals surface area contributed by atoms with E-state index in [0.29, 0.717) is 33.6 Å². The minimum absolute atomic E-state index is 0.0379. The Balaban J connectivity index is 1.63. The van der Waals surface area contributed by atoms with Crippen molar-refractivity contribution >= 4 is 16.7 Å². The van der Waals surface area contributed by atoms with Gasteiger partial charge in [-0.15, -0.1) is 0 Å². The summed E-state index contributed by atoms with van der Waals surface area (Å²) < 4.78 is 20.3. The average Bonchev–Trinajstić information content (AvgIpc) is 2.87. The van der Waals surface area contributed by atoms with E-state index in [1.807, 2.05) is 74.5 Å². The van der Waals surface area contributed by atoms with Crippen LogP contribution < -0.4 is 10.7 Å². The molecule has 0 aliphatic rings. The van der Waals surface area contributed by atoms with Gasteiger partial charge in [-0.25, -0.2) is 4.39 Å². The molecule has 3 aromatic carbocycles. The Morgan fingerprint density at radius 2 is 1.69 bits per heavy atom. The fraction of sp³-hybridized carbons (Fsp3) is 0.133. The van der Waals surface area contributed by atoms with E-state index >= 15 is 0 Å². The SMILES string of the molecule is Cc1cc([C@@H](C)Nc2cccnc2-c2cccc(F)c2)c2oc(-c3ccccc3)c(C)c(=O)c2c1. The number of rotatable bonds is 5. The predicted octanol–water partition coefficient (Wildman–Crippen LogP) is 7.45. The predicted molar refractivity (Wildman–Crippen MR) is 139 cm³/mol. The summed E-state index contributed by atoms with van der Waals surface area (Å²) in [6, 6.07) is 23.5. The van der Waals surface area contributed by atoms with Crippen LogP contribution in [0.3, 0.4) is 0 Å². The van der Waals surface area contributed by atoms with Crippen molar-refractivity contribution in [3.8, 4) is 22.6 Å². The zero-order chi connectivity index (χ0) is 24.5. The van der Waals surface area contributed by atoms with Gasteiger partial charge >= 0.3 is 0 Å². The number of nitrogens with one attached hydrogen (secondary N) is 1. The Morgan fingerprint density at radius 3 is 2.46 bits per heavy atom. The molecule has 4 nitrogen and oxygen atoms in total. The third-order valence-electron chi connectivity index (χ3n) is 6.17. The summed E-state index contributed by atoms with van der Waals surface area (Å²) in [6.07, 6.45) is 1.69. The fourth-order valence-corrected chi connectivity index (χ4v) is 4.45. The summed E-state index contributed by atoms with van der Waals surface area (Å²) in [5, 5.41) is 4.07. The summed E-state index contributed by atoms with van der Waals surface area (Å²) in [6.45, 7) is 5.79. The van der Waals surface area contributed by atoms with Gasteiger partial charge in [-0.1, -0.05) is 48.5 Å². The lowest BCUT2D eigenvalue weighted by molar-refractivity contribution is 0.605. The number of pyridine rings is 1. The van der Waals surface area contributed by atoms with Crippen molar-refractivity contribution in [3.05, 3.63) is 118 Å². The number of hydrogen-bond donors (Lipinski definition) is 1. The van der Waals surface area contributed by atoms with Crippen LogP contribution in [-0.2, 0) is 0 Å². The molecule has 0 unspecified atom stereocenters. The molecule has 5 heteroatoms. The lowest BCUT2D eigenvalue weighted by Gasteiger charge is -2.20. The first-order valence-electron chi connectivity index (χ1n) is 11.5. The maximum atomic E-state index is 13.9. The number of halogens is 1. The van der Waals surface area contributed by atoms with Crippen molar-refractivity contribution in [2.45, 2.75) is 26.8 Å². The quantitative estimate of drug-likeness (QED) is 0.293. The van der Waals surface area contributed by atoms with Gasteiger partial charge in [0.25, 0.3) is 0 Å². The normalized spacial score (nSPS) is 12.0. The first-order chi connectivity index (χ1) is 16.9. The molecule has 0 saturated heterocycles. The van der Waals surface area contributed by atoms with Gasteiger partial charge in [-0.2, -0.15) is 0 Å². The van der Waals surface area contributed by atoms with Crippen LogP contribution in [0.4, 0.5) is 10.1 Å². The first-order valence-corrected chi connectivity index (χ1v) is 11.5. The number of fused-ring (bicyclic) bond motifs is 1. The maximum Gasteiger partial charge on any atom is 0.196 e. The Kier molecular flexibility index (Phi) is 5.91. The molecule has 0 saturated carbocycles. The second kappa shape index (κ2) is 9.18. The number of benzene rings is 3. The van der Waals surface area contributed by atoms with Crippen LogP contribution in [0.25, 0.3) is 33.6 Å². The number of aryl methyl sites for hydroxylation is 1. The van der Waals surface area contributed by atoms with Gasteiger partial charge in [0.05, 0.1) is 22.8 Å². The highest BCUT2D eigenvalue weighted by Crippen LogP contribution is 2.34. The van der Waals surface area contributed by atoms with E-state index in [9.17, 15) is 9.18 Å². The lowest BCUT2D eigenvalue weighted by Crippen LogP contribution is -2.13. The van der Waals surface area contributed by atoms with Crippen molar-refractivity contribution in [1.29, 1.82) is 0 Å². The monoisotopic (exact) mass is 464 g/mol. The third-order valence-corrected chi connectivity index (χ3v) is 6.17. The van der Waals surface area contributed by atoms with Gasteiger partial charge in [0, 0.05) is 28.5 Å². The van der Waals surface area contributed by atoms with E-state index < -0.39 is 0 Å². The highest BCUT2D eigenvalue weighted by Gasteiger charge is 2.20. The fourth-order valence-electron chi connectivity index (χ4n) is 4.45. The van der Waals surface area contributed by atoms with Crippen molar-refractivity contribution in [2.24, 2.45) is 0 Å². The second-order valence-electron chi connectivity index (χ2n) is 8.76. The van der Waals surface area contributed by atoms with Crippen molar-refractivity contribution in [2.75, 3.05) is 5.32 Å². The van der Waals surface area contributed by atoms with Gasteiger partial charge in [-0.3, -0.25) is 9.78 Å². The molecule has 35 heavy (non-hydrogen) atoms. The zero-order valence-corrected chi connectivity index (χ0v) is 19.8. The largest absolute Gasteiger partial charge is 0.455 e. The van der Waals surface area contributed by atoms with Crippen LogP contribution in [0.15, 0.2) is 94.3 Å². The van der Waals surface area contributed by atoms with Gasteiger partial charge in [0.15, 0.2) is 5.43 Å². The molecule has 0 aliphatic heterocycles. The van der Waals surface area contributed by atoms with Crippen LogP contribution in [0.2, 0.25) is 0 Å². The molecule has 0 aliphatic carbocycles. The van der Waals surface area contributed by atoms with Gasteiger partial charge in [0.2, 0.25) is 0 Å². The first kappa shape index (κ1) is 22.5. The molecule has 0 amide bonds. The molecular formula is C30H25FN2O2. The van der Waals surface area contributed by atoms with Crippen molar-refractivity contribution < 1.29 is 8.81 Å². The van der Waals surface area contributed by atoms with Crippen LogP contribution in [0.1, 0.15) is 29.7 Å². The number of anilines is 1. The van der Waals surface area contributed by atoms with Crippen LogP contribution in [0.5, 0.6) is 0 Å². The zero-order valence-electron chi connectivity index (χ0n) is 19.8. The Labute approximate surface area is 203 Å². The highest BCUT2D eigenvalue weighted by molar-refractivity contribution is 5.85. The summed E-state index contributed by atoms with van der Waals surface area (Å²) in [5.74, 6) is 0.254. The minimum atomic E-state index is -0.317. The molecular weight excluding hydrogens is 439 g/mol. The van der Waals surface area contributed by atoms with E-state index in [0.717, 1.165) is 22.4 Å². The smallest absolute Gasteiger partial charge is 0.196 e. The number of aromatic nitrogens is 1. The molecule has 0 spiro atoms. The number of nitrogens with zero attached hydrogens (tertiary/aromatic N) is 1. The highest BCUT2D eigenvalue weighted by atomic mass is 19.1. The molecule has 5 rings (SSSR count). The average molecular weight is 465 g/mol. The van der Waals surface area contributed by atoms with Crippen LogP contribution >= 0.6 is 0 Å². The standard InChI is InChI=1S/C30H25FN2O2/c1-18-15-24(20(3)33-26-13-8-14-32-27(26)22-11-7-12-23(31)17-22)30-25(16-18)28(34)19(2)29(35-30)21-9-5-4-6-10-21/h4-17,20,33H,1-3H3/t20-/m1/s1. The van der Waals surface area contributed by atoms with Crippen molar-refractivity contribution in [3.63, 3.8) is 0 Å². The molecule has 2 heterocycles. The van der Waals surface area contributed by atoms with E-state index in [1.165, 1.54) is 12.1 Å². The Bertz CT molecular complexity index is 1590. The molecule has 2 aromatic heterocycles. The molecule has 1 N–H and O–H groups in total. The molecule has 5 aromatic rings. The molecule has 1 atom stereocenters. The van der Waals surface area contributed by atoms with E-state index in [-0.39, 0.29) is 17.3 Å². The topological polar surface area (TPSA) is 55.1 Å². The van der Waals surface area contributed by atoms with Crippen LogP contribution in [-0.4, -0.2) is 4.98 Å². The Hall–Kier alpha value is -4.25. The molecule has 0 bridgehead atoms. The summed E-state index contributed by atoms with van der Waals surface area (Å²) >= 11 is 0. The van der Waals surface area contributed by atoms with E-state index in [4.69, 9.17) is 4.42 Å². The molecule has 174 valence electrons. The Morgan fingerprint density at radius 1 is 0.914 bits per heavy atom. The van der Waals surface area contributed by atoms with E-state index in [2.05, 4.69) is 10.3 Å². The van der Waals surface area contributed by atoms with E-state index in [1.54, 1.807) is 19.2 Å². The van der Waals surface area contributed by atoms with Gasteiger partial charge in [-0.05, 0) is 56.7 Å². The second-order valence-corrected chi connectivity index (χ2v) is 8.76. The summed E-state index contributed by atoms with van der Waals surface area (Å²) in [4.78, 5) is 17.8.